The predicted molar refractivity (Wildman–Crippen MR) is 93.9 cm³/mol. The van der Waals surface area contributed by atoms with Crippen molar-refractivity contribution in [2.24, 2.45) is 0 Å². The molecule has 164 valence electrons. The fraction of sp³-hybridized carbons (Fsp3) is 0.938. The van der Waals surface area contributed by atoms with Crippen molar-refractivity contribution in [3.8, 4) is 0 Å². The van der Waals surface area contributed by atoms with E-state index in [1.165, 1.54) is 0 Å². The fourth-order valence-corrected chi connectivity index (χ4v) is 3.46. The molecule has 0 aromatic rings. The highest BCUT2D eigenvalue weighted by molar-refractivity contribution is 5.74. The molecule has 1 heterocycles. The Bertz CT molecular complexity index is 491. The summed E-state index contributed by atoms with van der Waals surface area (Å²) in [6, 6.07) is -0.540. The average Bonchev–Trinajstić information content (AvgIpc) is 2.59. The van der Waals surface area contributed by atoms with E-state index in [-0.39, 0.29) is 44.2 Å². The van der Waals surface area contributed by atoms with Gasteiger partial charge in [0.1, 0.15) is 6.29 Å². The van der Waals surface area contributed by atoms with Gasteiger partial charge in [0.25, 0.3) is 0 Å². The van der Waals surface area contributed by atoms with Crippen LogP contribution in [0.4, 0.5) is 18.0 Å². The van der Waals surface area contributed by atoms with Gasteiger partial charge in [0, 0.05) is 18.6 Å². The van der Waals surface area contributed by atoms with Gasteiger partial charge in [-0.2, -0.15) is 0 Å². The molecule has 0 spiro atoms. The lowest BCUT2D eigenvalue weighted by molar-refractivity contribution is -0.345. The summed E-state index contributed by atoms with van der Waals surface area (Å²) in [7, 11) is 0. The van der Waals surface area contributed by atoms with Gasteiger partial charge >= 0.3 is 12.4 Å². The monoisotopic (exact) mass is 413 g/mol. The van der Waals surface area contributed by atoms with E-state index in [9.17, 15) is 23.1 Å². The van der Waals surface area contributed by atoms with Gasteiger partial charge in [-0.25, -0.2) is 4.79 Å². The number of amides is 2. The summed E-state index contributed by atoms with van der Waals surface area (Å²) >= 11 is 0. The molecule has 4 atom stereocenters. The van der Waals surface area contributed by atoms with Crippen LogP contribution in [0.1, 0.15) is 39.0 Å². The number of carbonyl (C=O) groups is 1. The second-order valence-corrected chi connectivity index (χ2v) is 7.36. The number of nitrogens with one attached hydrogen (secondary N) is 5. The van der Waals surface area contributed by atoms with Crippen LogP contribution in [0.3, 0.4) is 0 Å². The second kappa shape index (κ2) is 10.6. The summed E-state index contributed by atoms with van der Waals surface area (Å²) in [4.78, 5) is 12.2. The number of urea groups is 1. The summed E-state index contributed by atoms with van der Waals surface area (Å²) < 4.78 is 40.8. The number of aliphatic hydroxyl groups excluding tert-OH is 2. The van der Waals surface area contributed by atoms with Gasteiger partial charge in [-0.05, 0) is 39.0 Å². The standard InChI is InChI=1S/C16H30F3N5O4/c1-9-6-13(20-7-11(26)8-25)23-14(21-9)24-15(27)22-10-2-4-12(5-3-10)28-16(17,18)19/h9-14,20-21,23,25-26H,2-8H2,1H3,(H2,22,24,27). The zero-order chi connectivity index (χ0) is 20.7. The van der Waals surface area contributed by atoms with Crippen LogP contribution in [0.15, 0.2) is 0 Å². The summed E-state index contributed by atoms with van der Waals surface area (Å²) in [6.45, 7) is 1.82. The van der Waals surface area contributed by atoms with Gasteiger partial charge in [0.2, 0.25) is 0 Å². The molecule has 4 unspecified atom stereocenters. The van der Waals surface area contributed by atoms with Crippen molar-refractivity contribution in [2.45, 2.75) is 82.1 Å². The van der Waals surface area contributed by atoms with Crippen molar-refractivity contribution in [3.05, 3.63) is 0 Å². The van der Waals surface area contributed by atoms with Crippen LogP contribution in [-0.2, 0) is 4.74 Å². The van der Waals surface area contributed by atoms with E-state index < -0.39 is 30.9 Å². The molecule has 2 amide bonds. The lowest BCUT2D eigenvalue weighted by atomic mass is 9.93. The van der Waals surface area contributed by atoms with E-state index in [0.29, 0.717) is 19.3 Å². The number of aliphatic hydroxyl groups is 2. The predicted octanol–water partition coefficient (Wildman–Crippen LogP) is -0.343. The summed E-state index contributed by atoms with van der Waals surface area (Å²) in [6.07, 6.45) is -5.02. The maximum absolute atomic E-state index is 12.2. The minimum atomic E-state index is -4.63. The van der Waals surface area contributed by atoms with E-state index in [0.717, 1.165) is 0 Å². The van der Waals surface area contributed by atoms with Crippen LogP contribution >= 0.6 is 0 Å². The minimum Gasteiger partial charge on any atom is -0.394 e. The van der Waals surface area contributed by atoms with Crippen molar-refractivity contribution in [2.75, 3.05) is 13.2 Å². The molecule has 12 heteroatoms. The van der Waals surface area contributed by atoms with Crippen molar-refractivity contribution in [3.63, 3.8) is 0 Å². The third kappa shape index (κ3) is 8.45. The molecule has 0 radical (unpaired) electrons. The highest BCUT2D eigenvalue weighted by Crippen LogP contribution is 2.27. The number of rotatable bonds is 7. The Hall–Kier alpha value is -1.18. The van der Waals surface area contributed by atoms with Gasteiger partial charge < -0.3 is 20.8 Å². The van der Waals surface area contributed by atoms with Crippen LogP contribution < -0.4 is 26.6 Å². The minimum absolute atomic E-state index is 0.0882. The van der Waals surface area contributed by atoms with Gasteiger partial charge in [0.05, 0.1) is 25.0 Å². The molecule has 2 rings (SSSR count). The van der Waals surface area contributed by atoms with E-state index >= 15 is 0 Å². The van der Waals surface area contributed by atoms with Crippen molar-refractivity contribution in [1.29, 1.82) is 0 Å². The lowest BCUT2D eigenvalue weighted by Gasteiger charge is -2.37. The van der Waals surface area contributed by atoms with Crippen LogP contribution in [-0.4, -0.2) is 72.5 Å². The van der Waals surface area contributed by atoms with E-state index in [1.807, 2.05) is 6.92 Å². The summed E-state index contributed by atoms with van der Waals surface area (Å²) in [5.74, 6) is 0. The lowest BCUT2D eigenvalue weighted by Crippen LogP contribution is -2.68. The molecule has 28 heavy (non-hydrogen) atoms. The first-order chi connectivity index (χ1) is 13.1. The zero-order valence-corrected chi connectivity index (χ0v) is 15.8. The Labute approximate surface area is 161 Å². The first-order valence-corrected chi connectivity index (χ1v) is 9.50. The van der Waals surface area contributed by atoms with E-state index in [2.05, 4.69) is 31.3 Å². The number of alkyl halides is 3. The molecular weight excluding hydrogens is 383 g/mol. The fourth-order valence-electron chi connectivity index (χ4n) is 3.46. The number of ether oxygens (including phenoxy) is 1. The molecule has 1 saturated heterocycles. The number of hydrogen-bond donors (Lipinski definition) is 7. The first-order valence-electron chi connectivity index (χ1n) is 9.50. The largest absolute Gasteiger partial charge is 0.522 e. The first kappa shape index (κ1) is 23.1. The van der Waals surface area contributed by atoms with Crippen molar-refractivity contribution >= 4 is 6.03 Å². The molecule has 1 saturated carbocycles. The highest BCUT2D eigenvalue weighted by atomic mass is 19.4. The van der Waals surface area contributed by atoms with Gasteiger partial charge in [-0.15, -0.1) is 13.2 Å². The molecule has 1 aliphatic carbocycles. The zero-order valence-electron chi connectivity index (χ0n) is 15.8. The van der Waals surface area contributed by atoms with Crippen LogP contribution in [0, 0.1) is 0 Å². The number of hydrogen-bond acceptors (Lipinski definition) is 7. The molecule has 1 aliphatic heterocycles. The molecule has 2 fully saturated rings. The maximum Gasteiger partial charge on any atom is 0.522 e. The molecule has 0 aromatic heterocycles. The maximum atomic E-state index is 12.2. The summed E-state index contributed by atoms with van der Waals surface area (Å²) in [5, 5.41) is 33.2. The molecule has 0 aromatic carbocycles. The third-order valence-electron chi connectivity index (χ3n) is 4.80. The smallest absolute Gasteiger partial charge is 0.394 e. The SMILES string of the molecule is CC1CC(NCC(O)CO)NC(NC(=O)NC2CCC(OC(F)(F)F)CC2)N1. The molecule has 2 aliphatic rings. The normalized spacial score (nSPS) is 32.6. The van der Waals surface area contributed by atoms with Crippen LogP contribution in [0.25, 0.3) is 0 Å². The topological polar surface area (TPSA) is 127 Å². The van der Waals surface area contributed by atoms with Gasteiger partial charge in [0.15, 0.2) is 0 Å². The van der Waals surface area contributed by atoms with Crippen molar-refractivity contribution < 1.29 is 32.9 Å². The molecular formula is C16H30F3N5O4. The third-order valence-corrected chi connectivity index (χ3v) is 4.80. The van der Waals surface area contributed by atoms with Crippen LogP contribution in [0.5, 0.6) is 0 Å². The number of halogens is 3. The quantitative estimate of drug-likeness (QED) is 0.304. The van der Waals surface area contributed by atoms with Crippen molar-refractivity contribution in [1.82, 2.24) is 26.6 Å². The Kier molecular flexibility index (Phi) is 8.71. The average molecular weight is 413 g/mol. The molecule has 0 bridgehead atoms. The Balaban J connectivity index is 1.70. The van der Waals surface area contributed by atoms with Gasteiger partial charge in [-0.3, -0.25) is 20.7 Å². The van der Waals surface area contributed by atoms with E-state index in [4.69, 9.17) is 5.11 Å². The summed E-state index contributed by atoms with van der Waals surface area (Å²) in [5.41, 5.74) is 0. The number of carbonyl (C=O) groups excluding carboxylic acids is 1. The second-order valence-electron chi connectivity index (χ2n) is 7.36. The van der Waals surface area contributed by atoms with Gasteiger partial charge in [-0.1, -0.05) is 0 Å². The Morgan fingerprint density at radius 1 is 1.21 bits per heavy atom. The molecule has 9 nitrogen and oxygen atoms in total. The van der Waals surface area contributed by atoms with Crippen LogP contribution in [0.2, 0.25) is 0 Å². The highest BCUT2D eigenvalue weighted by Gasteiger charge is 2.35. The van der Waals surface area contributed by atoms with E-state index in [1.54, 1.807) is 0 Å². The Morgan fingerprint density at radius 3 is 2.50 bits per heavy atom. The Morgan fingerprint density at radius 2 is 1.89 bits per heavy atom. The molecule has 7 N–H and O–H groups in total.